The van der Waals surface area contributed by atoms with Gasteiger partial charge in [0.25, 0.3) is 0 Å². The number of aromatic nitrogens is 3. The van der Waals surface area contributed by atoms with Crippen LogP contribution in [0.1, 0.15) is 31.5 Å². The van der Waals surface area contributed by atoms with Crippen LogP contribution in [-0.4, -0.2) is 36.9 Å². The lowest BCUT2D eigenvalue weighted by atomic mass is 10.1. The van der Waals surface area contributed by atoms with Crippen LogP contribution in [0.2, 0.25) is 0 Å². The molecule has 0 saturated carbocycles. The Morgan fingerprint density at radius 3 is 2.82 bits per heavy atom. The van der Waals surface area contributed by atoms with Crippen LogP contribution in [0.5, 0.6) is 0 Å². The normalized spacial score (nSPS) is 13.5. The maximum atomic E-state index is 10.1. The quantitative estimate of drug-likeness (QED) is 0.243. The Hall–Kier alpha value is -2.32. The molecule has 8 heteroatoms. The number of ether oxygens (including phenoxy) is 1. The van der Waals surface area contributed by atoms with E-state index in [4.69, 9.17) is 15.7 Å². The topological polar surface area (TPSA) is 111 Å². The molecule has 4 N–H and O–H groups in total. The van der Waals surface area contributed by atoms with Crippen LogP contribution in [0, 0.1) is 0 Å². The van der Waals surface area contributed by atoms with Crippen molar-refractivity contribution >= 4 is 5.84 Å². The number of aliphatic hydroxyl groups excluding tert-OH is 1. The fraction of sp³-hybridized carbons (Fsp3) is 0.429. The second-order valence-electron chi connectivity index (χ2n) is 4.79. The molecule has 120 valence electrons. The van der Waals surface area contributed by atoms with Gasteiger partial charge in [0.15, 0.2) is 12.1 Å². The molecule has 0 bridgehead atoms. The van der Waals surface area contributed by atoms with Crippen molar-refractivity contribution in [3.05, 3.63) is 30.0 Å². The summed E-state index contributed by atoms with van der Waals surface area (Å²) in [5, 5.41) is 22.0. The largest absolute Gasteiger partial charge is 0.409 e. The van der Waals surface area contributed by atoms with E-state index in [-0.39, 0.29) is 5.84 Å². The fourth-order valence-electron chi connectivity index (χ4n) is 2.39. The summed E-state index contributed by atoms with van der Waals surface area (Å²) in [5.74, 6) is -0.0632. The third kappa shape index (κ3) is 2.83. The highest BCUT2D eigenvalue weighted by molar-refractivity contribution is 6.00. The minimum atomic E-state index is -1.00. The molecule has 22 heavy (non-hydrogen) atoms. The number of rotatable bonds is 6. The van der Waals surface area contributed by atoms with Crippen molar-refractivity contribution in [2.45, 2.75) is 26.7 Å². The maximum absolute atomic E-state index is 10.1. The molecule has 0 aliphatic carbocycles. The number of aliphatic hydroxyl groups is 1. The molecule has 2 heterocycles. The monoisotopic (exact) mass is 307 g/mol. The van der Waals surface area contributed by atoms with Gasteiger partial charge >= 0.3 is 0 Å². The third-order valence-electron chi connectivity index (χ3n) is 3.41. The number of amidine groups is 1. The Labute approximate surface area is 128 Å². The average Bonchev–Trinajstić information content (AvgIpc) is 3.09. The number of nitrogens with zero attached hydrogens (tertiary/aromatic N) is 4. The van der Waals surface area contributed by atoms with Crippen LogP contribution in [0.4, 0.5) is 0 Å². The van der Waals surface area contributed by atoms with E-state index in [1.165, 1.54) is 0 Å². The summed E-state index contributed by atoms with van der Waals surface area (Å²) >= 11 is 0. The van der Waals surface area contributed by atoms with E-state index < -0.39 is 6.29 Å². The van der Waals surface area contributed by atoms with Gasteiger partial charge in [0.2, 0.25) is 0 Å². The van der Waals surface area contributed by atoms with E-state index in [1.54, 1.807) is 10.9 Å². The molecule has 0 aliphatic heterocycles. The first kappa shape index (κ1) is 16.1. The van der Waals surface area contributed by atoms with Crippen molar-refractivity contribution in [3.63, 3.8) is 0 Å². The van der Waals surface area contributed by atoms with Gasteiger partial charge in [-0.2, -0.15) is 0 Å². The first-order valence-corrected chi connectivity index (χ1v) is 7.02. The molecule has 1 unspecified atom stereocenters. The molecule has 0 spiro atoms. The maximum Gasteiger partial charge on any atom is 0.196 e. The highest BCUT2D eigenvalue weighted by Gasteiger charge is 2.20. The van der Waals surface area contributed by atoms with Crippen LogP contribution in [0.25, 0.3) is 11.3 Å². The van der Waals surface area contributed by atoms with E-state index in [9.17, 15) is 5.11 Å². The molecule has 0 aliphatic rings. The van der Waals surface area contributed by atoms with Gasteiger partial charge in [0, 0.05) is 32.0 Å². The zero-order valence-corrected chi connectivity index (χ0v) is 12.9. The number of hydrogen-bond acceptors (Lipinski definition) is 5. The van der Waals surface area contributed by atoms with Gasteiger partial charge in [-0.1, -0.05) is 5.16 Å². The van der Waals surface area contributed by atoms with Gasteiger partial charge in [-0.05, 0) is 19.9 Å². The summed E-state index contributed by atoms with van der Waals surface area (Å²) in [6.45, 7) is 4.88. The van der Waals surface area contributed by atoms with Gasteiger partial charge in [-0.3, -0.25) is 0 Å². The molecule has 8 nitrogen and oxygen atoms in total. The van der Waals surface area contributed by atoms with Gasteiger partial charge in [0.1, 0.15) is 5.69 Å². The summed E-state index contributed by atoms with van der Waals surface area (Å²) in [5.41, 5.74) is 8.21. The highest BCUT2D eigenvalue weighted by atomic mass is 16.6. The Balaban J connectivity index is 2.53. The second-order valence-corrected chi connectivity index (χ2v) is 4.79. The molecule has 2 aromatic heterocycles. The van der Waals surface area contributed by atoms with Crippen molar-refractivity contribution < 1.29 is 15.1 Å². The molecular weight excluding hydrogens is 286 g/mol. The van der Waals surface area contributed by atoms with Crippen molar-refractivity contribution in [2.75, 3.05) is 6.61 Å². The predicted octanol–water partition coefficient (Wildman–Crippen LogP) is 1.03. The molecule has 2 aromatic rings. The SMILES string of the molecule is CCOC(O)c1cc(-c2c(C(N)=NO)ncn2C)cn1CC. The minimum absolute atomic E-state index is 0.0632. The first-order chi connectivity index (χ1) is 10.5. The smallest absolute Gasteiger partial charge is 0.196 e. The highest BCUT2D eigenvalue weighted by Crippen LogP contribution is 2.28. The second kappa shape index (κ2) is 6.63. The van der Waals surface area contributed by atoms with Crippen LogP contribution >= 0.6 is 0 Å². The van der Waals surface area contributed by atoms with Crippen LogP contribution in [0.3, 0.4) is 0 Å². The van der Waals surface area contributed by atoms with E-state index in [0.717, 1.165) is 5.56 Å². The molecule has 0 aromatic carbocycles. The van der Waals surface area contributed by atoms with Crippen LogP contribution in [0.15, 0.2) is 23.7 Å². The molecule has 0 radical (unpaired) electrons. The van der Waals surface area contributed by atoms with Crippen molar-refractivity contribution in [1.29, 1.82) is 0 Å². The predicted molar refractivity (Wildman–Crippen MR) is 81.4 cm³/mol. The number of aryl methyl sites for hydroxylation is 2. The summed E-state index contributed by atoms with van der Waals surface area (Å²) in [6.07, 6.45) is 2.46. The number of oxime groups is 1. The van der Waals surface area contributed by atoms with E-state index in [0.29, 0.717) is 30.2 Å². The molecule has 1 atom stereocenters. The first-order valence-electron chi connectivity index (χ1n) is 7.02. The lowest BCUT2D eigenvalue weighted by Crippen LogP contribution is -2.15. The number of imidazole rings is 1. The fourth-order valence-corrected chi connectivity index (χ4v) is 2.39. The van der Waals surface area contributed by atoms with E-state index >= 15 is 0 Å². The van der Waals surface area contributed by atoms with E-state index in [2.05, 4.69) is 10.1 Å². The van der Waals surface area contributed by atoms with Gasteiger partial charge in [-0.15, -0.1) is 0 Å². The summed E-state index contributed by atoms with van der Waals surface area (Å²) < 4.78 is 8.92. The van der Waals surface area contributed by atoms with Gasteiger partial charge < -0.3 is 29.9 Å². The molecular formula is C14H21N5O3. The van der Waals surface area contributed by atoms with Crippen LogP contribution < -0.4 is 5.73 Å². The minimum Gasteiger partial charge on any atom is -0.409 e. The molecule has 0 fully saturated rings. The van der Waals surface area contributed by atoms with Gasteiger partial charge in [-0.25, -0.2) is 4.98 Å². The third-order valence-corrected chi connectivity index (χ3v) is 3.41. The lowest BCUT2D eigenvalue weighted by Gasteiger charge is -2.12. The molecule has 0 saturated heterocycles. The van der Waals surface area contributed by atoms with Crippen molar-refractivity contribution in [3.8, 4) is 11.3 Å². The average molecular weight is 307 g/mol. The van der Waals surface area contributed by atoms with E-state index in [1.807, 2.05) is 37.7 Å². The van der Waals surface area contributed by atoms with Crippen molar-refractivity contribution in [2.24, 2.45) is 17.9 Å². The molecule has 2 rings (SSSR count). The Morgan fingerprint density at radius 2 is 2.23 bits per heavy atom. The zero-order chi connectivity index (χ0) is 16.3. The molecule has 0 amide bonds. The summed E-state index contributed by atoms with van der Waals surface area (Å²) in [6, 6.07) is 1.81. The summed E-state index contributed by atoms with van der Waals surface area (Å²) in [4.78, 5) is 4.15. The van der Waals surface area contributed by atoms with Gasteiger partial charge in [0.05, 0.1) is 17.7 Å². The number of nitrogens with two attached hydrogens (primary N) is 1. The Bertz CT molecular complexity index is 674. The van der Waals surface area contributed by atoms with Crippen LogP contribution in [-0.2, 0) is 18.3 Å². The summed E-state index contributed by atoms with van der Waals surface area (Å²) in [7, 11) is 1.82. The Morgan fingerprint density at radius 1 is 1.50 bits per heavy atom. The zero-order valence-electron chi connectivity index (χ0n) is 12.9. The standard InChI is InChI=1S/C14H21N5O3/c1-4-19-7-9(6-10(19)14(20)22-5-2)12-11(13(15)17-21)16-8-18(12)3/h6-8,14,20-21H,4-5H2,1-3H3,(H2,15,17). The Kier molecular flexibility index (Phi) is 4.84. The number of hydrogen-bond donors (Lipinski definition) is 3. The van der Waals surface area contributed by atoms with Crippen molar-refractivity contribution in [1.82, 2.24) is 14.1 Å². The lowest BCUT2D eigenvalue weighted by molar-refractivity contribution is -0.102.